The van der Waals surface area contributed by atoms with E-state index in [1.54, 1.807) is 24.3 Å². The van der Waals surface area contributed by atoms with Crippen LogP contribution < -0.4 is 19.5 Å². The minimum Gasteiger partial charge on any atom is -0.482 e. The number of benzene rings is 2. The molecule has 142 valence electrons. The zero-order chi connectivity index (χ0) is 19.4. The lowest BCUT2D eigenvalue weighted by Crippen LogP contribution is -2.31. The first kappa shape index (κ1) is 18.6. The van der Waals surface area contributed by atoms with Crippen molar-refractivity contribution >= 4 is 17.6 Å². The highest BCUT2D eigenvalue weighted by Crippen LogP contribution is 2.34. The molecular formula is C20H21NO6. The molecule has 2 aromatic carbocycles. The monoisotopic (exact) mass is 371 g/mol. The summed E-state index contributed by atoms with van der Waals surface area (Å²) in [6, 6.07) is 10.6. The number of carbonyl (C=O) groups is 2. The van der Waals surface area contributed by atoms with Crippen LogP contribution in [0.1, 0.15) is 18.1 Å². The van der Waals surface area contributed by atoms with Crippen LogP contribution in [-0.2, 0) is 14.3 Å². The Hall–Kier alpha value is -3.22. The fourth-order valence-corrected chi connectivity index (χ4v) is 2.45. The molecule has 0 bridgehead atoms. The Morgan fingerprint density at radius 1 is 1.07 bits per heavy atom. The summed E-state index contributed by atoms with van der Waals surface area (Å²) in [6.45, 7) is 5.33. The van der Waals surface area contributed by atoms with Gasteiger partial charge in [0, 0.05) is 11.8 Å². The molecule has 1 N–H and O–H groups in total. The molecule has 0 saturated carbocycles. The molecular weight excluding hydrogens is 350 g/mol. The molecule has 7 nitrogen and oxygen atoms in total. The summed E-state index contributed by atoms with van der Waals surface area (Å²) < 4.78 is 21.0. The SMILES string of the molecule is Cc1ccc(OCC(=O)O[C@@H](C)C(=O)Nc2ccc3c(c2)OCO3)cc1C. The highest BCUT2D eigenvalue weighted by Gasteiger charge is 2.20. The molecule has 1 heterocycles. The van der Waals surface area contributed by atoms with Gasteiger partial charge in [-0.05, 0) is 56.2 Å². The predicted molar refractivity (Wildman–Crippen MR) is 98.2 cm³/mol. The number of ether oxygens (including phenoxy) is 4. The minimum atomic E-state index is -0.966. The van der Waals surface area contributed by atoms with Gasteiger partial charge in [-0.3, -0.25) is 4.79 Å². The molecule has 1 aliphatic heterocycles. The maximum atomic E-state index is 12.2. The third-order valence-electron chi connectivity index (χ3n) is 4.15. The first-order valence-electron chi connectivity index (χ1n) is 8.52. The van der Waals surface area contributed by atoms with E-state index in [1.807, 2.05) is 26.0 Å². The molecule has 2 aromatic rings. The highest BCUT2D eigenvalue weighted by atomic mass is 16.7. The van der Waals surface area contributed by atoms with Crippen molar-refractivity contribution in [2.45, 2.75) is 26.9 Å². The molecule has 0 fully saturated rings. The standard InChI is InChI=1S/C20H21NO6/c1-12-4-6-16(8-13(12)2)24-10-19(22)27-14(3)20(23)21-15-5-7-17-18(9-15)26-11-25-17/h4-9,14H,10-11H2,1-3H3,(H,21,23)/t14-/m0/s1. The zero-order valence-corrected chi connectivity index (χ0v) is 15.4. The van der Waals surface area contributed by atoms with Gasteiger partial charge in [0.2, 0.25) is 6.79 Å². The first-order chi connectivity index (χ1) is 12.9. The van der Waals surface area contributed by atoms with Crippen LogP contribution in [0.5, 0.6) is 17.2 Å². The van der Waals surface area contributed by atoms with E-state index in [-0.39, 0.29) is 13.4 Å². The number of aryl methyl sites for hydroxylation is 2. The second-order valence-corrected chi connectivity index (χ2v) is 6.22. The molecule has 0 spiro atoms. The van der Waals surface area contributed by atoms with Gasteiger partial charge in [-0.1, -0.05) is 6.07 Å². The number of amides is 1. The van der Waals surface area contributed by atoms with E-state index in [9.17, 15) is 9.59 Å². The number of esters is 1. The second kappa shape index (κ2) is 7.99. The quantitative estimate of drug-likeness (QED) is 0.786. The number of hydrogen-bond donors (Lipinski definition) is 1. The van der Waals surface area contributed by atoms with Crippen molar-refractivity contribution in [1.82, 2.24) is 0 Å². The van der Waals surface area contributed by atoms with Crippen LogP contribution in [0.3, 0.4) is 0 Å². The summed E-state index contributed by atoms with van der Waals surface area (Å²) in [5, 5.41) is 2.67. The lowest BCUT2D eigenvalue weighted by atomic mass is 10.1. The number of rotatable bonds is 6. The fraction of sp³-hybridized carbons (Fsp3) is 0.300. The van der Waals surface area contributed by atoms with E-state index in [0.29, 0.717) is 22.9 Å². The van der Waals surface area contributed by atoms with E-state index < -0.39 is 18.0 Å². The van der Waals surface area contributed by atoms with Crippen molar-refractivity contribution in [2.24, 2.45) is 0 Å². The minimum absolute atomic E-state index is 0.154. The average molecular weight is 371 g/mol. The van der Waals surface area contributed by atoms with Crippen LogP contribution in [0.15, 0.2) is 36.4 Å². The highest BCUT2D eigenvalue weighted by molar-refractivity contribution is 5.95. The summed E-state index contributed by atoms with van der Waals surface area (Å²) in [4.78, 5) is 24.1. The van der Waals surface area contributed by atoms with E-state index in [0.717, 1.165) is 11.1 Å². The molecule has 0 aliphatic carbocycles. The van der Waals surface area contributed by atoms with Crippen molar-refractivity contribution in [3.63, 3.8) is 0 Å². The van der Waals surface area contributed by atoms with Crippen LogP contribution >= 0.6 is 0 Å². The van der Waals surface area contributed by atoms with Crippen molar-refractivity contribution < 1.29 is 28.5 Å². The van der Waals surface area contributed by atoms with Gasteiger partial charge in [-0.25, -0.2) is 4.79 Å². The second-order valence-electron chi connectivity index (χ2n) is 6.22. The largest absolute Gasteiger partial charge is 0.482 e. The normalized spacial score (nSPS) is 13.0. The van der Waals surface area contributed by atoms with Gasteiger partial charge < -0.3 is 24.3 Å². The summed E-state index contributed by atoms with van der Waals surface area (Å²) in [6.07, 6.45) is -0.966. The van der Waals surface area contributed by atoms with E-state index in [1.165, 1.54) is 6.92 Å². The maximum Gasteiger partial charge on any atom is 0.344 e. The molecule has 1 amide bonds. The Bertz CT molecular complexity index is 864. The molecule has 27 heavy (non-hydrogen) atoms. The topological polar surface area (TPSA) is 83.1 Å². The van der Waals surface area contributed by atoms with Crippen LogP contribution in [0.25, 0.3) is 0 Å². The third kappa shape index (κ3) is 4.69. The number of nitrogens with one attached hydrogen (secondary N) is 1. The molecule has 0 unspecified atom stereocenters. The zero-order valence-electron chi connectivity index (χ0n) is 15.4. The van der Waals surface area contributed by atoms with Crippen LogP contribution in [0.2, 0.25) is 0 Å². The smallest absolute Gasteiger partial charge is 0.344 e. The Morgan fingerprint density at radius 3 is 2.63 bits per heavy atom. The third-order valence-corrected chi connectivity index (χ3v) is 4.15. The average Bonchev–Trinajstić information content (AvgIpc) is 3.10. The molecule has 0 saturated heterocycles. The van der Waals surface area contributed by atoms with Gasteiger partial charge in [-0.15, -0.1) is 0 Å². The van der Waals surface area contributed by atoms with E-state index in [4.69, 9.17) is 18.9 Å². The van der Waals surface area contributed by atoms with Crippen molar-refractivity contribution in [3.05, 3.63) is 47.5 Å². The van der Waals surface area contributed by atoms with Crippen molar-refractivity contribution in [1.29, 1.82) is 0 Å². The summed E-state index contributed by atoms with van der Waals surface area (Å²) >= 11 is 0. The Labute approximate surface area is 157 Å². The maximum absolute atomic E-state index is 12.2. The van der Waals surface area contributed by atoms with Gasteiger partial charge in [-0.2, -0.15) is 0 Å². The van der Waals surface area contributed by atoms with Gasteiger partial charge in [0.15, 0.2) is 24.2 Å². The first-order valence-corrected chi connectivity index (χ1v) is 8.52. The van der Waals surface area contributed by atoms with Gasteiger partial charge in [0.05, 0.1) is 0 Å². The number of fused-ring (bicyclic) bond motifs is 1. The van der Waals surface area contributed by atoms with Crippen LogP contribution in [0.4, 0.5) is 5.69 Å². The van der Waals surface area contributed by atoms with Gasteiger partial charge in [0.25, 0.3) is 5.91 Å². The molecule has 7 heteroatoms. The molecule has 0 radical (unpaired) electrons. The van der Waals surface area contributed by atoms with E-state index in [2.05, 4.69) is 5.32 Å². The van der Waals surface area contributed by atoms with Crippen LogP contribution in [-0.4, -0.2) is 31.4 Å². The van der Waals surface area contributed by atoms with Gasteiger partial charge in [0.1, 0.15) is 5.75 Å². The Balaban J connectivity index is 1.48. The molecule has 1 aliphatic rings. The Kier molecular flexibility index (Phi) is 5.49. The number of anilines is 1. The van der Waals surface area contributed by atoms with Crippen molar-refractivity contribution in [2.75, 3.05) is 18.7 Å². The van der Waals surface area contributed by atoms with Crippen molar-refractivity contribution in [3.8, 4) is 17.2 Å². The fourth-order valence-electron chi connectivity index (χ4n) is 2.45. The number of hydrogen-bond acceptors (Lipinski definition) is 6. The lowest BCUT2D eigenvalue weighted by Gasteiger charge is -2.14. The summed E-state index contributed by atoms with van der Waals surface area (Å²) in [7, 11) is 0. The number of carbonyl (C=O) groups excluding carboxylic acids is 2. The summed E-state index contributed by atoms with van der Waals surface area (Å²) in [5.41, 5.74) is 2.73. The molecule has 3 rings (SSSR count). The van der Waals surface area contributed by atoms with Gasteiger partial charge >= 0.3 is 5.97 Å². The lowest BCUT2D eigenvalue weighted by molar-refractivity contribution is -0.155. The predicted octanol–water partition coefficient (Wildman–Crippen LogP) is 2.98. The molecule has 0 aromatic heterocycles. The molecule has 1 atom stereocenters. The Morgan fingerprint density at radius 2 is 1.85 bits per heavy atom. The van der Waals surface area contributed by atoms with E-state index >= 15 is 0 Å². The summed E-state index contributed by atoms with van der Waals surface area (Å²) in [5.74, 6) is 0.678. The van der Waals surface area contributed by atoms with Crippen LogP contribution in [0, 0.1) is 13.8 Å².